The van der Waals surface area contributed by atoms with Crippen LogP contribution in [0.25, 0.3) is 6.08 Å². The molecule has 0 unspecified atom stereocenters. The van der Waals surface area contributed by atoms with E-state index in [-0.39, 0.29) is 5.78 Å². The van der Waals surface area contributed by atoms with Crippen LogP contribution in [0.15, 0.2) is 42.5 Å². The number of carbonyl (C=O) groups excluding carboxylic acids is 1. The maximum atomic E-state index is 13.1. The van der Waals surface area contributed by atoms with Crippen LogP contribution >= 0.6 is 0 Å². The SMILES string of the molecule is O=C(/C=C/c1ccc(F)c(F)c1)c1ccc2c(c1)OCCCO2. The minimum atomic E-state index is -0.949. The van der Waals surface area contributed by atoms with Crippen molar-refractivity contribution in [1.82, 2.24) is 0 Å². The molecule has 1 aliphatic heterocycles. The first-order valence-corrected chi connectivity index (χ1v) is 7.20. The summed E-state index contributed by atoms with van der Waals surface area (Å²) in [5.41, 5.74) is 0.847. The van der Waals surface area contributed by atoms with Crippen molar-refractivity contribution in [2.75, 3.05) is 13.2 Å². The molecule has 23 heavy (non-hydrogen) atoms. The van der Waals surface area contributed by atoms with Crippen molar-refractivity contribution in [3.05, 3.63) is 65.2 Å². The van der Waals surface area contributed by atoms with Crippen LogP contribution in [0.1, 0.15) is 22.3 Å². The highest BCUT2D eigenvalue weighted by Crippen LogP contribution is 2.30. The molecule has 0 aromatic heterocycles. The number of fused-ring (bicyclic) bond motifs is 1. The van der Waals surface area contributed by atoms with Gasteiger partial charge in [0, 0.05) is 12.0 Å². The van der Waals surface area contributed by atoms with Gasteiger partial charge in [0.25, 0.3) is 0 Å². The van der Waals surface area contributed by atoms with Gasteiger partial charge in [0.2, 0.25) is 0 Å². The second kappa shape index (κ2) is 6.60. The van der Waals surface area contributed by atoms with Gasteiger partial charge in [-0.15, -0.1) is 0 Å². The van der Waals surface area contributed by atoms with Crippen molar-refractivity contribution in [2.45, 2.75) is 6.42 Å². The smallest absolute Gasteiger partial charge is 0.185 e. The highest BCUT2D eigenvalue weighted by molar-refractivity contribution is 6.07. The van der Waals surface area contributed by atoms with Gasteiger partial charge in [-0.3, -0.25) is 4.79 Å². The lowest BCUT2D eigenvalue weighted by Gasteiger charge is -2.07. The molecule has 0 saturated carbocycles. The summed E-state index contributed by atoms with van der Waals surface area (Å²) < 4.78 is 37.0. The number of hydrogen-bond donors (Lipinski definition) is 0. The average molecular weight is 316 g/mol. The molecule has 0 spiro atoms. The van der Waals surface area contributed by atoms with Crippen LogP contribution in [0.2, 0.25) is 0 Å². The molecule has 0 bridgehead atoms. The molecule has 3 nitrogen and oxygen atoms in total. The summed E-state index contributed by atoms with van der Waals surface area (Å²) in [6, 6.07) is 8.42. The zero-order valence-corrected chi connectivity index (χ0v) is 12.2. The predicted molar refractivity (Wildman–Crippen MR) is 81.8 cm³/mol. The standard InChI is InChI=1S/C18H14F2O3/c19-14-5-2-12(10-15(14)20)3-6-16(21)13-4-7-17-18(11-13)23-9-1-8-22-17/h2-7,10-11H,1,8-9H2/b6-3+. The summed E-state index contributed by atoms with van der Waals surface area (Å²) in [5.74, 6) is -0.977. The van der Waals surface area contributed by atoms with Gasteiger partial charge in [0.05, 0.1) is 13.2 Å². The van der Waals surface area contributed by atoms with Crippen molar-refractivity contribution in [3.8, 4) is 11.5 Å². The first kappa shape index (κ1) is 15.2. The Morgan fingerprint density at radius 2 is 1.74 bits per heavy atom. The van der Waals surface area contributed by atoms with E-state index in [2.05, 4.69) is 0 Å². The summed E-state index contributed by atoms with van der Waals surface area (Å²) in [6.45, 7) is 1.12. The third kappa shape index (κ3) is 3.56. The lowest BCUT2D eigenvalue weighted by molar-refractivity contribution is 0.104. The van der Waals surface area contributed by atoms with E-state index in [0.717, 1.165) is 18.6 Å². The Labute approximate surface area is 132 Å². The van der Waals surface area contributed by atoms with Gasteiger partial charge in [-0.2, -0.15) is 0 Å². The van der Waals surface area contributed by atoms with Crippen LogP contribution in [0.5, 0.6) is 11.5 Å². The maximum Gasteiger partial charge on any atom is 0.185 e. The van der Waals surface area contributed by atoms with E-state index in [9.17, 15) is 13.6 Å². The highest BCUT2D eigenvalue weighted by Gasteiger charge is 2.12. The zero-order chi connectivity index (χ0) is 16.2. The van der Waals surface area contributed by atoms with E-state index in [4.69, 9.17) is 9.47 Å². The summed E-state index contributed by atoms with van der Waals surface area (Å²) >= 11 is 0. The summed E-state index contributed by atoms with van der Waals surface area (Å²) in [5, 5.41) is 0. The second-order valence-corrected chi connectivity index (χ2v) is 5.08. The van der Waals surface area contributed by atoms with E-state index in [1.54, 1.807) is 18.2 Å². The van der Waals surface area contributed by atoms with Crippen LogP contribution in [-0.2, 0) is 0 Å². The monoisotopic (exact) mass is 316 g/mol. The Bertz CT molecular complexity index is 769. The number of carbonyl (C=O) groups is 1. The molecule has 0 aliphatic carbocycles. The molecule has 0 N–H and O–H groups in total. The van der Waals surface area contributed by atoms with Gasteiger partial charge in [0.15, 0.2) is 28.9 Å². The molecule has 2 aromatic carbocycles. The second-order valence-electron chi connectivity index (χ2n) is 5.08. The Hall–Kier alpha value is -2.69. The Morgan fingerprint density at radius 1 is 0.957 bits per heavy atom. The number of halogens is 2. The van der Waals surface area contributed by atoms with Crippen LogP contribution < -0.4 is 9.47 Å². The van der Waals surface area contributed by atoms with Crippen molar-refractivity contribution < 1.29 is 23.0 Å². The minimum Gasteiger partial charge on any atom is -0.490 e. The van der Waals surface area contributed by atoms with E-state index >= 15 is 0 Å². The summed E-state index contributed by atoms with van der Waals surface area (Å²) in [6.07, 6.45) is 3.54. The molecule has 1 heterocycles. The van der Waals surface area contributed by atoms with Crippen LogP contribution in [0.4, 0.5) is 8.78 Å². The number of allylic oxidation sites excluding steroid dienone is 1. The van der Waals surface area contributed by atoms with Gasteiger partial charge in [0.1, 0.15) is 0 Å². The Morgan fingerprint density at radius 3 is 2.52 bits per heavy atom. The van der Waals surface area contributed by atoms with Crippen LogP contribution in [-0.4, -0.2) is 19.0 Å². The molecule has 2 aromatic rings. The van der Waals surface area contributed by atoms with E-state index < -0.39 is 11.6 Å². The van der Waals surface area contributed by atoms with Crippen LogP contribution in [0.3, 0.4) is 0 Å². The Balaban J connectivity index is 1.78. The lowest BCUT2D eigenvalue weighted by atomic mass is 10.1. The minimum absolute atomic E-state index is 0.259. The zero-order valence-electron chi connectivity index (χ0n) is 12.2. The van der Waals surface area contributed by atoms with E-state index in [1.807, 2.05) is 0 Å². The molecule has 0 fully saturated rings. The molecule has 0 amide bonds. The molecule has 5 heteroatoms. The first-order chi connectivity index (χ1) is 11.1. The number of ketones is 1. The first-order valence-electron chi connectivity index (χ1n) is 7.20. The average Bonchev–Trinajstić information content (AvgIpc) is 2.80. The van der Waals surface area contributed by atoms with Gasteiger partial charge < -0.3 is 9.47 Å². The fourth-order valence-electron chi connectivity index (χ4n) is 2.20. The molecule has 1 aliphatic rings. The highest BCUT2D eigenvalue weighted by atomic mass is 19.2. The van der Waals surface area contributed by atoms with Crippen molar-refractivity contribution in [3.63, 3.8) is 0 Å². The Kier molecular flexibility index (Phi) is 4.37. The van der Waals surface area contributed by atoms with Crippen molar-refractivity contribution in [1.29, 1.82) is 0 Å². The summed E-state index contributed by atoms with van der Waals surface area (Å²) in [4.78, 5) is 12.2. The van der Waals surface area contributed by atoms with Gasteiger partial charge in [-0.25, -0.2) is 8.78 Å². The molecule has 3 rings (SSSR count). The quantitative estimate of drug-likeness (QED) is 0.634. The molecular formula is C18H14F2O3. The molecular weight excluding hydrogens is 302 g/mol. The molecule has 0 radical (unpaired) electrons. The number of ether oxygens (including phenoxy) is 2. The number of rotatable bonds is 3. The predicted octanol–water partition coefficient (Wildman–Crippen LogP) is 4.02. The van der Waals surface area contributed by atoms with Crippen LogP contribution in [0, 0.1) is 11.6 Å². The largest absolute Gasteiger partial charge is 0.490 e. The van der Waals surface area contributed by atoms with Gasteiger partial charge in [-0.1, -0.05) is 12.1 Å². The molecule has 0 atom stereocenters. The molecule has 0 saturated heterocycles. The summed E-state index contributed by atoms with van der Waals surface area (Å²) in [7, 11) is 0. The van der Waals surface area contributed by atoms with Gasteiger partial charge >= 0.3 is 0 Å². The van der Waals surface area contributed by atoms with Crippen molar-refractivity contribution in [2.24, 2.45) is 0 Å². The molecule has 118 valence electrons. The maximum absolute atomic E-state index is 13.1. The van der Waals surface area contributed by atoms with E-state index in [0.29, 0.717) is 35.8 Å². The van der Waals surface area contributed by atoms with E-state index in [1.165, 1.54) is 18.2 Å². The number of benzene rings is 2. The van der Waals surface area contributed by atoms with Gasteiger partial charge in [-0.05, 0) is 42.0 Å². The third-order valence-corrected chi connectivity index (χ3v) is 3.40. The van der Waals surface area contributed by atoms with Crippen molar-refractivity contribution >= 4 is 11.9 Å². The fraction of sp³-hybridized carbons (Fsp3) is 0.167. The number of hydrogen-bond acceptors (Lipinski definition) is 3. The topological polar surface area (TPSA) is 35.5 Å². The third-order valence-electron chi connectivity index (χ3n) is 3.40. The normalized spacial score (nSPS) is 13.8. The fourth-order valence-corrected chi connectivity index (χ4v) is 2.20. The lowest BCUT2D eigenvalue weighted by Crippen LogP contribution is -1.98.